The van der Waals surface area contributed by atoms with Gasteiger partial charge in [-0.2, -0.15) is 0 Å². The van der Waals surface area contributed by atoms with E-state index in [4.69, 9.17) is 4.42 Å². The number of hydrogen-bond donors (Lipinski definition) is 1. The van der Waals surface area contributed by atoms with Crippen LogP contribution in [-0.4, -0.2) is 10.2 Å². The van der Waals surface area contributed by atoms with Gasteiger partial charge in [0.15, 0.2) is 0 Å². The zero-order chi connectivity index (χ0) is 15.5. The summed E-state index contributed by atoms with van der Waals surface area (Å²) in [5.41, 5.74) is 2.73. The molecule has 0 aliphatic heterocycles. The van der Waals surface area contributed by atoms with E-state index in [1.165, 1.54) is 21.9 Å². The Bertz CT molecular complexity index is 779. The van der Waals surface area contributed by atoms with Crippen LogP contribution in [0.25, 0.3) is 10.8 Å². The molecule has 3 aromatic rings. The second-order valence-electron chi connectivity index (χ2n) is 5.54. The predicted octanol–water partition coefficient (Wildman–Crippen LogP) is 3.94. The summed E-state index contributed by atoms with van der Waals surface area (Å²) in [6.45, 7) is 6.83. The average Bonchev–Trinajstić information content (AvgIpc) is 2.98. The van der Waals surface area contributed by atoms with Crippen LogP contribution in [0.2, 0.25) is 0 Å². The SMILES string of the molecule is CCc1ccc2ccccc2c1CNC(C)c1nnc(C)o1. The highest BCUT2D eigenvalue weighted by Gasteiger charge is 2.13. The molecular weight excluding hydrogens is 274 g/mol. The zero-order valence-corrected chi connectivity index (χ0v) is 13.3. The van der Waals surface area contributed by atoms with Crippen molar-refractivity contribution < 1.29 is 4.42 Å². The third-order valence-electron chi connectivity index (χ3n) is 4.02. The van der Waals surface area contributed by atoms with E-state index in [9.17, 15) is 0 Å². The standard InChI is InChI=1S/C18H21N3O/c1-4-14-9-10-15-7-5-6-8-16(15)17(14)11-19-12(2)18-21-20-13(3)22-18/h5-10,12,19H,4,11H2,1-3H3. The highest BCUT2D eigenvalue weighted by atomic mass is 16.4. The first-order chi connectivity index (χ1) is 10.7. The van der Waals surface area contributed by atoms with Crippen molar-refractivity contribution in [2.24, 2.45) is 0 Å². The topological polar surface area (TPSA) is 51.0 Å². The molecule has 0 spiro atoms. The van der Waals surface area contributed by atoms with Crippen molar-refractivity contribution in [2.75, 3.05) is 0 Å². The van der Waals surface area contributed by atoms with Gasteiger partial charge in [0.2, 0.25) is 11.8 Å². The molecular formula is C18H21N3O. The Morgan fingerprint density at radius 2 is 1.95 bits per heavy atom. The molecule has 1 heterocycles. The number of nitrogens with zero attached hydrogens (tertiary/aromatic N) is 2. The minimum absolute atomic E-state index is 0.0323. The summed E-state index contributed by atoms with van der Waals surface area (Å²) in [7, 11) is 0. The molecule has 0 aliphatic carbocycles. The van der Waals surface area contributed by atoms with Crippen LogP contribution >= 0.6 is 0 Å². The minimum atomic E-state index is 0.0323. The lowest BCUT2D eigenvalue weighted by Crippen LogP contribution is -2.19. The second kappa shape index (κ2) is 6.28. The molecule has 0 fully saturated rings. The van der Waals surface area contributed by atoms with E-state index < -0.39 is 0 Å². The minimum Gasteiger partial charge on any atom is -0.424 e. The van der Waals surface area contributed by atoms with Crippen LogP contribution < -0.4 is 5.32 Å². The molecule has 0 amide bonds. The number of nitrogens with one attached hydrogen (secondary N) is 1. The van der Waals surface area contributed by atoms with Gasteiger partial charge in [-0.15, -0.1) is 10.2 Å². The van der Waals surface area contributed by atoms with Crippen molar-refractivity contribution >= 4 is 10.8 Å². The molecule has 0 radical (unpaired) electrons. The molecule has 1 N–H and O–H groups in total. The molecule has 3 rings (SSSR count). The third kappa shape index (κ3) is 2.88. The molecule has 1 atom stereocenters. The van der Waals surface area contributed by atoms with Gasteiger partial charge in [-0.3, -0.25) is 0 Å². The summed E-state index contributed by atoms with van der Waals surface area (Å²) >= 11 is 0. The number of hydrogen-bond acceptors (Lipinski definition) is 4. The Hall–Kier alpha value is -2.20. The van der Waals surface area contributed by atoms with Gasteiger partial charge in [0, 0.05) is 13.5 Å². The molecule has 0 bridgehead atoms. The lowest BCUT2D eigenvalue weighted by Gasteiger charge is -2.15. The van der Waals surface area contributed by atoms with Crippen LogP contribution in [0, 0.1) is 6.92 Å². The summed E-state index contributed by atoms with van der Waals surface area (Å²) in [6.07, 6.45) is 1.02. The molecule has 1 aromatic heterocycles. The van der Waals surface area contributed by atoms with Gasteiger partial charge in [0.05, 0.1) is 6.04 Å². The molecule has 0 saturated heterocycles. The van der Waals surface area contributed by atoms with Crippen LogP contribution in [0.1, 0.15) is 42.8 Å². The molecule has 0 aliphatic rings. The molecule has 4 heteroatoms. The van der Waals surface area contributed by atoms with Gasteiger partial charge in [-0.1, -0.05) is 43.3 Å². The number of aryl methyl sites for hydroxylation is 2. The van der Waals surface area contributed by atoms with Crippen LogP contribution in [0.15, 0.2) is 40.8 Å². The van der Waals surface area contributed by atoms with Crippen molar-refractivity contribution in [3.8, 4) is 0 Å². The maximum atomic E-state index is 5.49. The molecule has 0 saturated carbocycles. The van der Waals surface area contributed by atoms with Crippen molar-refractivity contribution in [3.63, 3.8) is 0 Å². The molecule has 1 unspecified atom stereocenters. The largest absolute Gasteiger partial charge is 0.424 e. The highest BCUT2D eigenvalue weighted by molar-refractivity contribution is 5.86. The number of fused-ring (bicyclic) bond motifs is 1. The Morgan fingerprint density at radius 1 is 1.14 bits per heavy atom. The van der Waals surface area contributed by atoms with E-state index in [0.717, 1.165) is 13.0 Å². The normalized spacial score (nSPS) is 12.7. The van der Waals surface area contributed by atoms with E-state index in [-0.39, 0.29) is 6.04 Å². The van der Waals surface area contributed by atoms with E-state index in [2.05, 4.69) is 58.8 Å². The quantitative estimate of drug-likeness (QED) is 0.774. The second-order valence-corrected chi connectivity index (χ2v) is 5.54. The Morgan fingerprint density at radius 3 is 2.68 bits per heavy atom. The fourth-order valence-corrected chi connectivity index (χ4v) is 2.75. The number of rotatable bonds is 5. The summed E-state index contributed by atoms with van der Waals surface area (Å²) in [4.78, 5) is 0. The Kier molecular flexibility index (Phi) is 4.20. The van der Waals surface area contributed by atoms with Crippen molar-refractivity contribution in [2.45, 2.75) is 39.8 Å². The summed E-state index contributed by atoms with van der Waals surface area (Å²) < 4.78 is 5.49. The van der Waals surface area contributed by atoms with Gasteiger partial charge < -0.3 is 9.73 Å². The van der Waals surface area contributed by atoms with Gasteiger partial charge >= 0.3 is 0 Å². The lowest BCUT2D eigenvalue weighted by molar-refractivity contribution is 0.401. The van der Waals surface area contributed by atoms with E-state index in [0.29, 0.717) is 11.8 Å². The lowest BCUT2D eigenvalue weighted by atomic mass is 9.97. The van der Waals surface area contributed by atoms with Crippen molar-refractivity contribution in [1.29, 1.82) is 0 Å². The average molecular weight is 295 g/mol. The fourth-order valence-electron chi connectivity index (χ4n) is 2.75. The monoisotopic (exact) mass is 295 g/mol. The number of aromatic nitrogens is 2. The smallest absolute Gasteiger partial charge is 0.233 e. The maximum Gasteiger partial charge on any atom is 0.233 e. The summed E-state index contributed by atoms with van der Waals surface area (Å²) in [5, 5.41) is 14.1. The molecule has 22 heavy (non-hydrogen) atoms. The first kappa shape index (κ1) is 14.7. The van der Waals surface area contributed by atoms with E-state index >= 15 is 0 Å². The number of benzene rings is 2. The molecule has 4 nitrogen and oxygen atoms in total. The molecule has 114 valence electrons. The first-order valence-corrected chi connectivity index (χ1v) is 7.72. The van der Waals surface area contributed by atoms with Gasteiger partial charge in [-0.25, -0.2) is 0 Å². The van der Waals surface area contributed by atoms with Gasteiger partial charge in [0.1, 0.15) is 0 Å². The van der Waals surface area contributed by atoms with Crippen LogP contribution in [0.5, 0.6) is 0 Å². The highest BCUT2D eigenvalue weighted by Crippen LogP contribution is 2.24. The van der Waals surface area contributed by atoms with E-state index in [1.54, 1.807) is 0 Å². The Balaban J connectivity index is 1.86. The van der Waals surface area contributed by atoms with E-state index in [1.807, 2.05) is 13.8 Å². The maximum absolute atomic E-state index is 5.49. The summed E-state index contributed by atoms with van der Waals surface area (Å²) in [5.74, 6) is 1.24. The third-order valence-corrected chi connectivity index (χ3v) is 4.02. The predicted molar refractivity (Wildman–Crippen MR) is 87.6 cm³/mol. The summed E-state index contributed by atoms with van der Waals surface area (Å²) in [6, 6.07) is 13.0. The molecule has 2 aromatic carbocycles. The van der Waals surface area contributed by atoms with Crippen molar-refractivity contribution in [3.05, 3.63) is 59.3 Å². The van der Waals surface area contributed by atoms with Crippen LogP contribution in [0.4, 0.5) is 0 Å². The van der Waals surface area contributed by atoms with Crippen LogP contribution in [0.3, 0.4) is 0 Å². The first-order valence-electron chi connectivity index (χ1n) is 7.72. The fraction of sp³-hybridized carbons (Fsp3) is 0.333. The van der Waals surface area contributed by atoms with Crippen LogP contribution in [-0.2, 0) is 13.0 Å². The van der Waals surface area contributed by atoms with Gasteiger partial charge in [-0.05, 0) is 35.2 Å². The Labute approximate surface area is 130 Å². The zero-order valence-electron chi connectivity index (χ0n) is 13.3. The van der Waals surface area contributed by atoms with Gasteiger partial charge in [0.25, 0.3) is 0 Å². The van der Waals surface area contributed by atoms with Crippen molar-refractivity contribution in [1.82, 2.24) is 15.5 Å².